The summed E-state index contributed by atoms with van der Waals surface area (Å²) in [6.07, 6.45) is -1.70. The number of halogens is 2. The highest BCUT2D eigenvalue weighted by molar-refractivity contribution is 9.10. The van der Waals surface area contributed by atoms with Crippen molar-refractivity contribution in [3.8, 4) is 0 Å². The molecule has 0 amide bonds. The van der Waals surface area contributed by atoms with Gasteiger partial charge in [0.05, 0.1) is 7.11 Å². The lowest BCUT2D eigenvalue weighted by Gasteiger charge is -2.05. The number of hydrogen-bond acceptors (Lipinski definition) is 2. The first kappa shape index (κ1) is 10.2. The summed E-state index contributed by atoms with van der Waals surface area (Å²) in [6.45, 7) is 0. The fraction of sp³-hybridized carbons (Fsp3) is 0.222. The molecule has 13 heavy (non-hydrogen) atoms. The maximum Gasteiger partial charge on any atom is 0.345 e. The van der Waals surface area contributed by atoms with Gasteiger partial charge in [-0.2, -0.15) is 0 Å². The van der Waals surface area contributed by atoms with Gasteiger partial charge in [0.15, 0.2) is 0 Å². The molecule has 0 heterocycles. The zero-order chi connectivity index (χ0) is 9.84. The van der Waals surface area contributed by atoms with Crippen LogP contribution in [0.25, 0.3) is 0 Å². The quantitative estimate of drug-likeness (QED) is 0.751. The number of benzene rings is 1. The summed E-state index contributed by atoms with van der Waals surface area (Å²) in [5, 5.41) is 0. The molecule has 0 fully saturated rings. The van der Waals surface area contributed by atoms with Crippen molar-refractivity contribution in [2.45, 2.75) is 6.17 Å². The van der Waals surface area contributed by atoms with Crippen molar-refractivity contribution in [2.75, 3.05) is 7.11 Å². The summed E-state index contributed by atoms with van der Waals surface area (Å²) in [4.78, 5) is 10.8. The number of ether oxygens (including phenoxy) is 1. The second kappa shape index (κ2) is 4.37. The van der Waals surface area contributed by atoms with E-state index in [0.717, 1.165) is 11.6 Å². The van der Waals surface area contributed by atoms with Crippen LogP contribution >= 0.6 is 15.9 Å². The maximum atomic E-state index is 13.2. The third-order valence-electron chi connectivity index (χ3n) is 1.57. The van der Waals surface area contributed by atoms with Crippen molar-refractivity contribution >= 4 is 21.9 Å². The SMILES string of the molecule is COC(=O)C(F)c1ccc(Br)cc1. The van der Waals surface area contributed by atoms with Gasteiger partial charge < -0.3 is 4.74 Å². The molecule has 0 aliphatic rings. The Hall–Kier alpha value is -0.900. The van der Waals surface area contributed by atoms with Crippen LogP contribution in [-0.4, -0.2) is 13.1 Å². The minimum absolute atomic E-state index is 0.301. The average molecular weight is 247 g/mol. The second-order valence-corrected chi connectivity index (χ2v) is 3.35. The fourth-order valence-electron chi connectivity index (χ4n) is 0.871. The Morgan fingerprint density at radius 3 is 2.46 bits per heavy atom. The van der Waals surface area contributed by atoms with Crippen molar-refractivity contribution in [2.24, 2.45) is 0 Å². The lowest BCUT2D eigenvalue weighted by Crippen LogP contribution is -2.09. The lowest BCUT2D eigenvalue weighted by molar-refractivity contribution is -0.146. The van der Waals surface area contributed by atoms with E-state index in [2.05, 4.69) is 20.7 Å². The maximum absolute atomic E-state index is 13.2. The van der Waals surface area contributed by atoms with Gasteiger partial charge in [-0.05, 0) is 17.7 Å². The molecular formula is C9H8BrFO2. The number of carbonyl (C=O) groups is 1. The number of rotatable bonds is 2. The smallest absolute Gasteiger partial charge is 0.345 e. The summed E-state index contributed by atoms with van der Waals surface area (Å²) in [5.74, 6) is -0.873. The molecule has 0 aromatic heterocycles. The van der Waals surface area contributed by atoms with Crippen molar-refractivity contribution < 1.29 is 13.9 Å². The van der Waals surface area contributed by atoms with Gasteiger partial charge in [-0.15, -0.1) is 0 Å². The van der Waals surface area contributed by atoms with Crippen LogP contribution in [0.3, 0.4) is 0 Å². The monoisotopic (exact) mass is 246 g/mol. The van der Waals surface area contributed by atoms with Gasteiger partial charge in [0, 0.05) is 4.47 Å². The van der Waals surface area contributed by atoms with Crippen LogP contribution in [0.2, 0.25) is 0 Å². The number of carbonyl (C=O) groups excluding carboxylic acids is 1. The third-order valence-corrected chi connectivity index (χ3v) is 2.10. The molecule has 0 aliphatic heterocycles. The van der Waals surface area contributed by atoms with E-state index in [1.165, 1.54) is 12.1 Å². The summed E-state index contributed by atoms with van der Waals surface area (Å²) in [6, 6.07) is 6.41. The van der Waals surface area contributed by atoms with E-state index in [0.29, 0.717) is 5.56 Å². The molecule has 2 nitrogen and oxygen atoms in total. The Morgan fingerprint density at radius 2 is 2.00 bits per heavy atom. The molecule has 1 aromatic rings. The molecule has 0 spiro atoms. The topological polar surface area (TPSA) is 26.3 Å². The van der Waals surface area contributed by atoms with Gasteiger partial charge in [-0.1, -0.05) is 28.1 Å². The minimum Gasteiger partial charge on any atom is -0.467 e. The first-order chi connectivity index (χ1) is 6.15. The van der Waals surface area contributed by atoms with Crippen molar-refractivity contribution in [3.05, 3.63) is 34.3 Å². The van der Waals surface area contributed by atoms with Crippen molar-refractivity contribution in [3.63, 3.8) is 0 Å². The molecule has 0 radical (unpaired) electrons. The standard InChI is InChI=1S/C9H8BrFO2/c1-13-9(12)8(11)6-2-4-7(10)5-3-6/h2-5,8H,1H3. The molecule has 1 aromatic carbocycles. The van der Waals surface area contributed by atoms with E-state index in [4.69, 9.17) is 0 Å². The van der Waals surface area contributed by atoms with E-state index in [1.54, 1.807) is 12.1 Å². The number of hydrogen-bond donors (Lipinski definition) is 0. The molecule has 4 heteroatoms. The van der Waals surface area contributed by atoms with Crippen LogP contribution in [-0.2, 0) is 9.53 Å². The number of alkyl halides is 1. The Kier molecular flexibility index (Phi) is 3.42. The van der Waals surface area contributed by atoms with E-state index >= 15 is 0 Å². The van der Waals surface area contributed by atoms with E-state index < -0.39 is 12.1 Å². The highest BCUT2D eigenvalue weighted by Crippen LogP contribution is 2.20. The molecule has 1 unspecified atom stereocenters. The van der Waals surface area contributed by atoms with Crippen LogP contribution in [0.15, 0.2) is 28.7 Å². The third kappa shape index (κ3) is 2.52. The van der Waals surface area contributed by atoms with Crippen LogP contribution in [0.5, 0.6) is 0 Å². The average Bonchev–Trinajstić information content (AvgIpc) is 2.17. The minimum atomic E-state index is -1.70. The zero-order valence-electron chi connectivity index (χ0n) is 6.96. The largest absolute Gasteiger partial charge is 0.467 e. The van der Waals surface area contributed by atoms with Crippen LogP contribution < -0.4 is 0 Å². The molecule has 0 saturated heterocycles. The Morgan fingerprint density at radius 1 is 1.46 bits per heavy atom. The Balaban J connectivity index is 2.83. The van der Waals surface area contributed by atoms with Crippen LogP contribution in [0, 0.1) is 0 Å². The fourth-order valence-corrected chi connectivity index (χ4v) is 1.14. The van der Waals surface area contributed by atoms with Gasteiger partial charge >= 0.3 is 5.97 Å². The van der Waals surface area contributed by atoms with E-state index in [9.17, 15) is 9.18 Å². The van der Waals surface area contributed by atoms with Gasteiger partial charge in [0.2, 0.25) is 6.17 Å². The van der Waals surface area contributed by atoms with Gasteiger partial charge in [0.25, 0.3) is 0 Å². The van der Waals surface area contributed by atoms with Gasteiger partial charge in [-0.25, -0.2) is 9.18 Å². The van der Waals surface area contributed by atoms with Crippen molar-refractivity contribution in [1.82, 2.24) is 0 Å². The number of esters is 1. The molecule has 0 aliphatic carbocycles. The van der Waals surface area contributed by atoms with Crippen LogP contribution in [0.1, 0.15) is 11.7 Å². The van der Waals surface area contributed by atoms with E-state index in [-0.39, 0.29) is 0 Å². The highest BCUT2D eigenvalue weighted by atomic mass is 79.9. The highest BCUT2D eigenvalue weighted by Gasteiger charge is 2.19. The lowest BCUT2D eigenvalue weighted by atomic mass is 10.1. The van der Waals surface area contributed by atoms with Crippen LogP contribution in [0.4, 0.5) is 4.39 Å². The second-order valence-electron chi connectivity index (χ2n) is 2.44. The van der Waals surface area contributed by atoms with Crippen molar-refractivity contribution in [1.29, 1.82) is 0 Å². The summed E-state index contributed by atoms with van der Waals surface area (Å²) in [5.41, 5.74) is 0.301. The molecule has 1 rings (SSSR count). The molecule has 1 atom stereocenters. The Labute approximate surface area is 83.8 Å². The summed E-state index contributed by atoms with van der Waals surface area (Å²) in [7, 11) is 1.16. The first-order valence-corrected chi connectivity index (χ1v) is 4.42. The Bertz CT molecular complexity index is 297. The predicted molar refractivity (Wildman–Crippen MR) is 50.0 cm³/mol. The summed E-state index contributed by atoms with van der Waals surface area (Å²) < 4.78 is 18.3. The van der Waals surface area contributed by atoms with Gasteiger partial charge in [-0.3, -0.25) is 0 Å². The predicted octanol–water partition coefficient (Wildman–Crippen LogP) is 2.63. The molecule has 0 N–H and O–H groups in total. The van der Waals surface area contributed by atoms with Gasteiger partial charge in [0.1, 0.15) is 0 Å². The molecule has 0 saturated carbocycles. The summed E-state index contributed by atoms with van der Waals surface area (Å²) >= 11 is 3.21. The molecule has 70 valence electrons. The molecule has 0 bridgehead atoms. The first-order valence-electron chi connectivity index (χ1n) is 3.62. The normalized spacial score (nSPS) is 12.2. The number of methoxy groups -OCH3 is 1. The zero-order valence-corrected chi connectivity index (χ0v) is 8.55. The van der Waals surface area contributed by atoms with E-state index in [1.807, 2.05) is 0 Å². The molecular weight excluding hydrogens is 239 g/mol.